The van der Waals surface area contributed by atoms with Crippen LogP contribution < -0.4 is 5.32 Å². The molecule has 7 heteroatoms. The van der Waals surface area contributed by atoms with Gasteiger partial charge in [-0.05, 0) is 48.2 Å². The molecule has 0 aromatic heterocycles. The van der Waals surface area contributed by atoms with E-state index in [2.05, 4.69) is 5.32 Å². The predicted octanol–water partition coefficient (Wildman–Crippen LogP) is 4.65. The van der Waals surface area contributed by atoms with Crippen LogP contribution in [-0.2, 0) is 14.8 Å². The quantitative estimate of drug-likeness (QED) is 0.572. The summed E-state index contributed by atoms with van der Waals surface area (Å²) in [6.07, 6.45) is 1.28. The molecule has 5 nitrogen and oxygen atoms in total. The molecule has 1 aliphatic rings. The number of piperidine rings is 1. The molecule has 3 aromatic rings. The van der Waals surface area contributed by atoms with Gasteiger partial charge in [-0.25, -0.2) is 8.42 Å². The zero-order valence-corrected chi connectivity index (χ0v) is 19.1. The van der Waals surface area contributed by atoms with E-state index in [0.29, 0.717) is 24.4 Å². The average Bonchev–Trinajstić information content (AvgIpc) is 2.84. The maximum absolute atomic E-state index is 13.3. The summed E-state index contributed by atoms with van der Waals surface area (Å²) in [6.45, 7) is 0.558. The number of rotatable bonds is 6. The van der Waals surface area contributed by atoms with E-state index in [1.165, 1.54) is 16.4 Å². The first-order valence-corrected chi connectivity index (χ1v) is 12.4. The zero-order valence-electron chi connectivity index (χ0n) is 17.5. The molecule has 4 rings (SSSR count). The van der Waals surface area contributed by atoms with Crippen molar-refractivity contribution in [2.24, 2.45) is 5.92 Å². The molecule has 1 atom stereocenters. The third-order valence-corrected chi connectivity index (χ3v) is 7.89. The molecule has 1 aliphatic heterocycles. The lowest BCUT2D eigenvalue weighted by molar-refractivity contribution is -0.126. The Kier molecular flexibility index (Phi) is 6.94. The molecule has 1 fully saturated rings. The third-order valence-electron chi connectivity index (χ3n) is 5.76. The summed E-state index contributed by atoms with van der Waals surface area (Å²) in [6, 6.07) is 25.4. The SMILES string of the molecule is O=C(NC(c1ccccc1)c1ccccc1)[C@@H]1CCCN(S(=O)(=O)c2ccc(Cl)cc2)C1. The Hall–Kier alpha value is -2.67. The molecule has 3 aromatic carbocycles. The van der Waals surface area contributed by atoms with E-state index >= 15 is 0 Å². The van der Waals surface area contributed by atoms with Gasteiger partial charge >= 0.3 is 0 Å². The van der Waals surface area contributed by atoms with E-state index in [1.54, 1.807) is 12.1 Å². The normalized spacial score (nSPS) is 17.2. The number of carbonyl (C=O) groups is 1. The summed E-state index contributed by atoms with van der Waals surface area (Å²) in [7, 11) is -3.68. The summed E-state index contributed by atoms with van der Waals surface area (Å²) < 4.78 is 27.6. The lowest BCUT2D eigenvalue weighted by Crippen LogP contribution is -2.46. The molecule has 166 valence electrons. The Morgan fingerprint density at radius 1 is 0.906 bits per heavy atom. The number of nitrogens with zero attached hydrogens (tertiary/aromatic N) is 1. The Bertz CT molecular complexity index is 1110. The van der Waals surface area contributed by atoms with E-state index in [1.807, 2.05) is 60.7 Å². The van der Waals surface area contributed by atoms with Crippen molar-refractivity contribution in [1.29, 1.82) is 0 Å². The Balaban J connectivity index is 1.52. The fourth-order valence-electron chi connectivity index (χ4n) is 4.04. The van der Waals surface area contributed by atoms with Crippen LogP contribution in [0.4, 0.5) is 0 Å². The largest absolute Gasteiger partial charge is 0.345 e. The number of nitrogens with one attached hydrogen (secondary N) is 1. The number of amides is 1. The minimum Gasteiger partial charge on any atom is -0.345 e. The van der Waals surface area contributed by atoms with Crippen molar-refractivity contribution in [2.75, 3.05) is 13.1 Å². The first-order chi connectivity index (χ1) is 15.4. The standard InChI is InChI=1S/C25H25ClN2O3S/c26-22-13-15-23(16-14-22)32(30,31)28-17-7-12-21(18-28)25(29)27-24(19-8-3-1-4-9-19)20-10-5-2-6-11-20/h1-6,8-11,13-16,21,24H,7,12,17-18H2,(H,27,29)/t21-/m1/s1. The summed E-state index contributed by atoms with van der Waals surface area (Å²) >= 11 is 5.90. The predicted molar refractivity (Wildman–Crippen MR) is 126 cm³/mol. The highest BCUT2D eigenvalue weighted by atomic mass is 35.5. The highest BCUT2D eigenvalue weighted by Gasteiger charge is 2.34. The molecule has 0 saturated carbocycles. The molecule has 1 amide bonds. The van der Waals surface area contributed by atoms with E-state index in [4.69, 9.17) is 11.6 Å². The molecule has 1 saturated heterocycles. The van der Waals surface area contributed by atoms with Gasteiger partial charge in [-0.3, -0.25) is 4.79 Å². The fraction of sp³-hybridized carbons (Fsp3) is 0.240. The maximum Gasteiger partial charge on any atom is 0.243 e. The van der Waals surface area contributed by atoms with Gasteiger partial charge in [-0.15, -0.1) is 0 Å². The second-order valence-corrected chi connectivity index (χ2v) is 10.3. The lowest BCUT2D eigenvalue weighted by atomic mass is 9.95. The van der Waals surface area contributed by atoms with Crippen LogP contribution in [0.2, 0.25) is 5.02 Å². The van der Waals surface area contributed by atoms with Crippen LogP contribution in [0.1, 0.15) is 30.0 Å². The molecule has 0 radical (unpaired) electrons. The summed E-state index contributed by atoms with van der Waals surface area (Å²) in [5, 5.41) is 3.64. The monoisotopic (exact) mass is 468 g/mol. The fourth-order valence-corrected chi connectivity index (χ4v) is 5.69. The van der Waals surface area contributed by atoms with Crippen molar-refractivity contribution < 1.29 is 13.2 Å². The number of sulfonamides is 1. The van der Waals surface area contributed by atoms with E-state index in [-0.39, 0.29) is 23.4 Å². The lowest BCUT2D eigenvalue weighted by Gasteiger charge is -2.32. The van der Waals surface area contributed by atoms with Crippen LogP contribution in [-0.4, -0.2) is 31.7 Å². The van der Waals surface area contributed by atoms with E-state index in [9.17, 15) is 13.2 Å². The topological polar surface area (TPSA) is 66.5 Å². The molecule has 0 unspecified atom stereocenters. The van der Waals surface area contributed by atoms with Crippen LogP contribution in [0.5, 0.6) is 0 Å². The average molecular weight is 469 g/mol. The second kappa shape index (κ2) is 9.86. The van der Waals surface area contributed by atoms with Gasteiger partial charge in [-0.2, -0.15) is 4.31 Å². The maximum atomic E-state index is 13.3. The summed E-state index contributed by atoms with van der Waals surface area (Å²) in [5.41, 5.74) is 1.96. The minimum atomic E-state index is -3.68. The number of hydrogen-bond acceptors (Lipinski definition) is 3. The van der Waals surface area contributed by atoms with Crippen LogP contribution >= 0.6 is 11.6 Å². The van der Waals surface area contributed by atoms with Gasteiger partial charge in [-0.1, -0.05) is 72.3 Å². The first kappa shape index (κ1) is 22.5. The van der Waals surface area contributed by atoms with Gasteiger partial charge in [0.1, 0.15) is 0 Å². The zero-order chi connectivity index (χ0) is 22.6. The number of hydrogen-bond donors (Lipinski definition) is 1. The van der Waals surface area contributed by atoms with Gasteiger partial charge in [0, 0.05) is 18.1 Å². The first-order valence-electron chi connectivity index (χ1n) is 10.6. The van der Waals surface area contributed by atoms with Gasteiger partial charge in [0.2, 0.25) is 15.9 Å². The van der Waals surface area contributed by atoms with Gasteiger partial charge in [0.05, 0.1) is 16.9 Å². The number of halogens is 1. The van der Waals surface area contributed by atoms with Crippen LogP contribution in [0, 0.1) is 5.92 Å². The second-order valence-electron chi connectivity index (χ2n) is 7.92. The highest BCUT2D eigenvalue weighted by Crippen LogP contribution is 2.27. The molecule has 1 N–H and O–H groups in total. The molecule has 32 heavy (non-hydrogen) atoms. The molecule has 0 aliphatic carbocycles. The molecule has 1 heterocycles. The van der Waals surface area contributed by atoms with Crippen molar-refractivity contribution in [3.63, 3.8) is 0 Å². The smallest absolute Gasteiger partial charge is 0.243 e. The van der Waals surface area contributed by atoms with Crippen molar-refractivity contribution in [1.82, 2.24) is 9.62 Å². The number of carbonyl (C=O) groups excluding carboxylic acids is 1. The van der Waals surface area contributed by atoms with E-state index in [0.717, 1.165) is 11.1 Å². The van der Waals surface area contributed by atoms with Crippen LogP contribution in [0.15, 0.2) is 89.8 Å². The molecule has 0 bridgehead atoms. The van der Waals surface area contributed by atoms with Crippen LogP contribution in [0.3, 0.4) is 0 Å². The Morgan fingerprint density at radius 2 is 1.47 bits per heavy atom. The Morgan fingerprint density at radius 3 is 2.03 bits per heavy atom. The van der Waals surface area contributed by atoms with Crippen molar-refractivity contribution in [3.8, 4) is 0 Å². The van der Waals surface area contributed by atoms with Gasteiger partial charge in [0.15, 0.2) is 0 Å². The number of benzene rings is 3. The van der Waals surface area contributed by atoms with Crippen LogP contribution in [0.25, 0.3) is 0 Å². The molecule has 0 spiro atoms. The van der Waals surface area contributed by atoms with Crippen molar-refractivity contribution >= 4 is 27.5 Å². The van der Waals surface area contributed by atoms with Gasteiger partial charge < -0.3 is 5.32 Å². The highest BCUT2D eigenvalue weighted by molar-refractivity contribution is 7.89. The molecular formula is C25H25ClN2O3S. The molecular weight excluding hydrogens is 444 g/mol. The van der Waals surface area contributed by atoms with Crippen molar-refractivity contribution in [2.45, 2.75) is 23.8 Å². The Labute approximate surface area is 194 Å². The van der Waals surface area contributed by atoms with Crippen molar-refractivity contribution in [3.05, 3.63) is 101 Å². The minimum absolute atomic E-state index is 0.140. The summed E-state index contributed by atoms with van der Waals surface area (Å²) in [5.74, 6) is -0.556. The third kappa shape index (κ3) is 5.04. The van der Waals surface area contributed by atoms with E-state index < -0.39 is 15.9 Å². The van der Waals surface area contributed by atoms with Gasteiger partial charge in [0.25, 0.3) is 0 Å². The summed E-state index contributed by atoms with van der Waals surface area (Å²) in [4.78, 5) is 13.4.